The van der Waals surface area contributed by atoms with Crippen LogP contribution in [0.5, 0.6) is 0 Å². The van der Waals surface area contributed by atoms with Crippen molar-refractivity contribution in [2.75, 3.05) is 0 Å². The van der Waals surface area contributed by atoms with Crippen molar-refractivity contribution in [1.29, 1.82) is 0 Å². The Hall–Kier alpha value is 2.24. The van der Waals surface area contributed by atoms with Crippen LogP contribution in [-0.4, -0.2) is 90.8 Å². The molecule has 6 heteroatoms. The fraction of sp³-hybridized carbons (Fsp3) is 0. The molecule has 8 N–H and O–H groups in total. The zero-order valence-electron chi connectivity index (χ0n) is 2.50. The van der Waals surface area contributed by atoms with Gasteiger partial charge in [0.15, 0.2) is 0 Å². The predicted octanol–water partition coefficient (Wildman–Crippen LogP) is -3.83. The first kappa shape index (κ1) is 86.0. The summed E-state index contributed by atoms with van der Waals surface area (Å²) in [5.74, 6) is 0. The molecule has 0 aliphatic heterocycles. The molecule has 0 atom stereocenters. The van der Waals surface area contributed by atoms with Gasteiger partial charge in [0.05, 0.1) is 0 Å². The van der Waals surface area contributed by atoms with Crippen molar-refractivity contribution in [3.63, 3.8) is 0 Å². The number of hydrogen-bond acceptors (Lipinski definition) is 0. The van der Waals surface area contributed by atoms with Crippen molar-refractivity contribution in [2.45, 2.75) is 0 Å². The Morgan fingerprint density at radius 2 is 0.500 bits per heavy atom. The van der Waals surface area contributed by atoms with Crippen molar-refractivity contribution >= 4 is 82.4 Å². The van der Waals surface area contributed by atoms with E-state index in [1.807, 2.05) is 0 Å². The standard InChI is InChI=1S/Cs.4H2O.H2S.H/h;5*1H2;. The summed E-state index contributed by atoms with van der Waals surface area (Å²) >= 11 is 0. The average molecular weight is 240 g/mol. The topological polar surface area (TPSA) is 126 Å². The van der Waals surface area contributed by atoms with E-state index in [-0.39, 0.29) is 104 Å². The second-order valence-corrected chi connectivity index (χ2v) is 0. The Morgan fingerprint density at radius 1 is 0.500 bits per heavy atom. The van der Waals surface area contributed by atoms with Crippen LogP contribution in [0.25, 0.3) is 0 Å². The Balaban J connectivity index is 0. The van der Waals surface area contributed by atoms with Crippen LogP contribution in [0.3, 0.4) is 0 Å². The molecule has 0 rings (SSSR count). The molecule has 6 heavy (non-hydrogen) atoms. The van der Waals surface area contributed by atoms with Gasteiger partial charge in [-0.05, 0) is 0 Å². The number of hydrogen-bond donors (Lipinski definition) is 0. The van der Waals surface area contributed by atoms with Gasteiger partial charge < -0.3 is 21.9 Å². The van der Waals surface area contributed by atoms with E-state index in [4.69, 9.17) is 0 Å². The average Bonchev–Trinajstić information content (AvgIpc) is 0. The molecule has 0 aliphatic carbocycles. The van der Waals surface area contributed by atoms with E-state index in [1.165, 1.54) is 0 Å². The van der Waals surface area contributed by atoms with Crippen molar-refractivity contribution in [2.24, 2.45) is 0 Å². The maximum absolute atomic E-state index is 0. The summed E-state index contributed by atoms with van der Waals surface area (Å²) in [4.78, 5) is 0. The van der Waals surface area contributed by atoms with Crippen molar-refractivity contribution in [1.82, 2.24) is 0 Å². The molecule has 0 aliphatic rings. The molecule has 0 fully saturated rings. The summed E-state index contributed by atoms with van der Waals surface area (Å²) in [5.41, 5.74) is 0. The van der Waals surface area contributed by atoms with Gasteiger partial charge in [0.1, 0.15) is 0 Å². The summed E-state index contributed by atoms with van der Waals surface area (Å²) in [5, 5.41) is 0. The Bertz CT molecular complexity index is 7.51. The molecule has 0 saturated heterocycles. The molecule has 0 unspecified atom stereocenters. The first-order valence-electron chi connectivity index (χ1n) is 0. The zero-order valence-corrected chi connectivity index (χ0v) is 3.50. The van der Waals surface area contributed by atoms with Gasteiger partial charge in [-0.3, -0.25) is 0 Å². The molecule has 4 nitrogen and oxygen atoms in total. The summed E-state index contributed by atoms with van der Waals surface area (Å²) in [7, 11) is 0. The van der Waals surface area contributed by atoms with E-state index < -0.39 is 0 Å². The fourth-order valence-corrected chi connectivity index (χ4v) is 0. The van der Waals surface area contributed by atoms with Crippen LogP contribution in [0.15, 0.2) is 0 Å². The van der Waals surface area contributed by atoms with Gasteiger partial charge in [-0.25, -0.2) is 0 Å². The molecular weight excluding hydrogens is 229 g/mol. The molecule has 0 saturated carbocycles. The van der Waals surface area contributed by atoms with Crippen LogP contribution in [0, 0.1) is 0 Å². The third kappa shape index (κ3) is 34.1. The Morgan fingerprint density at radius 3 is 0.500 bits per heavy atom. The second-order valence-electron chi connectivity index (χ2n) is 0. The van der Waals surface area contributed by atoms with Gasteiger partial charge in [-0.1, -0.05) is 0 Å². The normalized spacial score (nSPS) is 0. The summed E-state index contributed by atoms with van der Waals surface area (Å²) < 4.78 is 0. The molecule has 42 valence electrons. The SMILES string of the molecule is O.O.O.O.S.[CsH]. The molecular formula is H11CsO4S. The summed E-state index contributed by atoms with van der Waals surface area (Å²) in [6, 6.07) is 0. The molecule has 0 spiro atoms. The van der Waals surface area contributed by atoms with Crippen LogP contribution in [0.1, 0.15) is 0 Å². The van der Waals surface area contributed by atoms with Gasteiger partial charge in [-0.2, -0.15) is 13.5 Å². The zero-order chi connectivity index (χ0) is 0. The Kier molecular flexibility index (Phi) is 805. The maximum atomic E-state index is 0. The molecule has 0 bridgehead atoms. The number of rotatable bonds is 0. The minimum absolute atomic E-state index is 0. The first-order valence-corrected chi connectivity index (χ1v) is 0. The van der Waals surface area contributed by atoms with Gasteiger partial charge in [0.25, 0.3) is 0 Å². The summed E-state index contributed by atoms with van der Waals surface area (Å²) in [6.07, 6.45) is 0. The molecule has 0 aromatic carbocycles. The van der Waals surface area contributed by atoms with Gasteiger partial charge in [-0.15, -0.1) is 0 Å². The van der Waals surface area contributed by atoms with Crippen LogP contribution < -0.4 is 0 Å². The first-order chi connectivity index (χ1) is 0. The van der Waals surface area contributed by atoms with Gasteiger partial charge >= 0.3 is 68.9 Å². The monoisotopic (exact) mass is 240 g/mol. The predicted molar refractivity (Wildman–Crippen MR) is 32.0 cm³/mol. The van der Waals surface area contributed by atoms with E-state index in [9.17, 15) is 0 Å². The quantitative estimate of drug-likeness (QED) is 0.411. The third-order valence-electron chi connectivity index (χ3n) is 0. The van der Waals surface area contributed by atoms with Gasteiger partial charge in [0.2, 0.25) is 0 Å². The molecule has 0 heterocycles. The van der Waals surface area contributed by atoms with Crippen molar-refractivity contribution in [3.8, 4) is 0 Å². The molecule has 0 radical (unpaired) electrons. The fourth-order valence-electron chi connectivity index (χ4n) is 0. The van der Waals surface area contributed by atoms with E-state index in [0.29, 0.717) is 0 Å². The van der Waals surface area contributed by atoms with Crippen LogP contribution in [0.4, 0.5) is 0 Å². The van der Waals surface area contributed by atoms with E-state index in [2.05, 4.69) is 0 Å². The molecule has 0 aromatic rings. The van der Waals surface area contributed by atoms with E-state index in [0.717, 1.165) is 0 Å². The van der Waals surface area contributed by atoms with Gasteiger partial charge in [0, 0.05) is 0 Å². The van der Waals surface area contributed by atoms with Crippen molar-refractivity contribution in [3.05, 3.63) is 0 Å². The second kappa shape index (κ2) is 56.1. The van der Waals surface area contributed by atoms with E-state index >= 15 is 0 Å². The minimum atomic E-state index is 0. The molecule has 0 aromatic heterocycles. The van der Waals surface area contributed by atoms with Crippen LogP contribution >= 0.6 is 13.5 Å². The van der Waals surface area contributed by atoms with Crippen molar-refractivity contribution < 1.29 is 21.9 Å². The molecule has 0 amide bonds. The third-order valence-corrected chi connectivity index (χ3v) is 0. The van der Waals surface area contributed by atoms with Crippen LogP contribution in [0.2, 0.25) is 0 Å². The summed E-state index contributed by atoms with van der Waals surface area (Å²) in [6.45, 7) is 0. The Labute approximate surface area is 102 Å². The van der Waals surface area contributed by atoms with Crippen LogP contribution in [-0.2, 0) is 0 Å². The van der Waals surface area contributed by atoms with E-state index in [1.54, 1.807) is 0 Å².